The van der Waals surface area contributed by atoms with Crippen LogP contribution in [0.5, 0.6) is 0 Å². The number of para-hydroxylation sites is 3. The second-order valence-electron chi connectivity index (χ2n) is 13.9. The van der Waals surface area contributed by atoms with Crippen molar-refractivity contribution in [2.24, 2.45) is 0 Å². The Morgan fingerprint density at radius 3 is 2.09 bits per heavy atom. The number of rotatable bonds is 4. The summed E-state index contributed by atoms with van der Waals surface area (Å²) in [5.41, 5.74) is 15.6. The van der Waals surface area contributed by atoms with Crippen LogP contribution in [0.25, 0.3) is 55.3 Å². The maximum absolute atomic E-state index is 6.31. The number of fused-ring (bicyclic) bond motifs is 6. The first kappa shape index (κ1) is 27.5. The molecule has 1 aliphatic carbocycles. The molecule has 0 atom stereocenters. The summed E-state index contributed by atoms with van der Waals surface area (Å²) in [5, 5.41) is 6.05. The van der Waals surface area contributed by atoms with Gasteiger partial charge in [0.05, 0.1) is 0 Å². The Hall–Kier alpha value is -5.08. The van der Waals surface area contributed by atoms with Crippen LogP contribution in [0, 0.1) is 0 Å². The van der Waals surface area contributed by atoms with Crippen LogP contribution in [0.2, 0.25) is 0 Å². The van der Waals surface area contributed by atoms with E-state index in [1.54, 1.807) is 0 Å². The predicted octanol–water partition coefficient (Wildman–Crippen LogP) is 12.3. The topological polar surface area (TPSA) is 25.2 Å². The highest BCUT2D eigenvalue weighted by molar-refractivity contribution is 6.09. The Morgan fingerprint density at radius 2 is 1.27 bits per heavy atom. The standard InChI is InChI=1S/C43H37NO/c1-42(2,3)28-22-25-35-37(26-28)43(4,5)36-17-11-15-33(40(35)36)31-12-6-8-18-38(31)44-29-23-20-27(21-24-29)30-14-10-16-34-32-13-7-9-19-39(32)45-41(30)34/h6-26,44H,1-5H3. The van der Waals surface area contributed by atoms with Gasteiger partial charge < -0.3 is 9.73 Å². The number of nitrogens with one attached hydrogen (secondary N) is 1. The van der Waals surface area contributed by atoms with E-state index < -0.39 is 0 Å². The fourth-order valence-corrected chi connectivity index (χ4v) is 7.17. The molecule has 2 heteroatoms. The van der Waals surface area contributed by atoms with Crippen LogP contribution in [0.1, 0.15) is 51.3 Å². The maximum atomic E-state index is 6.31. The fourth-order valence-electron chi connectivity index (χ4n) is 7.17. The molecule has 7 aromatic rings. The van der Waals surface area contributed by atoms with Crippen LogP contribution in [0.4, 0.5) is 11.4 Å². The SMILES string of the molecule is CC(C)(C)c1ccc2c(c1)C(C)(C)c1cccc(-c3ccccc3Nc3ccc(-c4cccc5c4oc4ccccc45)cc3)c1-2. The fraction of sp³-hybridized carbons (Fsp3) is 0.163. The van der Waals surface area contributed by atoms with Gasteiger partial charge in [-0.1, -0.05) is 138 Å². The van der Waals surface area contributed by atoms with Gasteiger partial charge in [0, 0.05) is 38.7 Å². The lowest BCUT2D eigenvalue weighted by atomic mass is 9.79. The van der Waals surface area contributed by atoms with Crippen LogP contribution in [-0.4, -0.2) is 0 Å². The summed E-state index contributed by atoms with van der Waals surface area (Å²) in [4.78, 5) is 0. The molecule has 2 nitrogen and oxygen atoms in total. The maximum Gasteiger partial charge on any atom is 0.143 e. The summed E-state index contributed by atoms with van der Waals surface area (Å²) in [5.74, 6) is 0. The van der Waals surface area contributed by atoms with Crippen molar-refractivity contribution in [2.75, 3.05) is 5.32 Å². The summed E-state index contributed by atoms with van der Waals surface area (Å²) in [6, 6.07) is 45.9. The van der Waals surface area contributed by atoms with Crippen LogP contribution >= 0.6 is 0 Å². The molecule has 1 heterocycles. The van der Waals surface area contributed by atoms with Crippen LogP contribution in [0.15, 0.2) is 132 Å². The summed E-state index contributed by atoms with van der Waals surface area (Å²) >= 11 is 0. The minimum atomic E-state index is -0.0666. The van der Waals surface area contributed by atoms with Gasteiger partial charge in [0.15, 0.2) is 0 Å². The van der Waals surface area contributed by atoms with Gasteiger partial charge in [0.1, 0.15) is 11.2 Å². The van der Waals surface area contributed by atoms with Gasteiger partial charge >= 0.3 is 0 Å². The van der Waals surface area contributed by atoms with Crippen molar-refractivity contribution in [3.8, 4) is 33.4 Å². The molecular weight excluding hydrogens is 546 g/mol. The van der Waals surface area contributed by atoms with E-state index in [2.05, 4.69) is 155 Å². The molecule has 0 aliphatic heterocycles. The van der Waals surface area contributed by atoms with Crippen molar-refractivity contribution in [3.63, 3.8) is 0 Å². The molecule has 0 saturated carbocycles. The van der Waals surface area contributed by atoms with E-state index in [0.29, 0.717) is 0 Å². The molecule has 1 aromatic heterocycles. The predicted molar refractivity (Wildman–Crippen MR) is 191 cm³/mol. The Kier molecular flexibility index (Phi) is 6.09. The molecule has 45 heavy (non-hydrogen) atoms. The van der Waals surface area contributed by atoms with E-state index in [4.69, 9.17) is 4.42 Å². The Labute approximate surface area is 265 Å². The molecule has 0 spiro atoms. The van der Waals surface area contributed by atoms with Crippen LogP contribution in [-0.2, 0) is 10.8 Å². The molecule has 1 aliphatic rings. The minimum Gasteiger partial charge on any atom is -0.455 e. The number of hydrogen-bond acceptors (Lipinski definition) is 2. The van der Waals surface area contributed by atoms with Crippen LogP contribution in [0.3, 0.4) is 0 Å². The Bertz CT molecular complexity index is 2240. The Morgan fingerprint density at radius 1 is 0.578 bits per heavy atom. The molecule has 0 unspecified atom stereocenters. The largest absolute Gasteiger partial charge is 0.455 e. The van der Waals surface area contributed by atoms with Gasteiger partial charge in [-0.15, -0.1) is 0 Å². The average molecular weight is 584 g/mol. The van der Waals surface area contributed by atoms with E-state index in [1.165, 1.54) is 38.9 Å². The van der Waals surface area contributed by atoms with Crippen molar-refractivity contribution in [1.82, 2.24) is 0 Å². The average Bonchev–Trinajstić information content (AvgIpc) is 3.54. The molecule has 6 aromatic carbocycles. The van der Waals surface area contributed by atoms with Gasteiger partial charge in [-0.25, -0.2) is 0 Å². The lowest BCUT2D eigenvalue weighted by molar-refractivity contribution is 0.584. The van der Waals surface area contributed by atoms with E-state index in [9.17, 15) is 0 Å². The lowest BCUT2D eigenvalue weighted by Crippen LogP contribution is -2.17. The third-order valence-corrected chi connectivity index (χ3v) is 9.66. The molecule has 0 fully saturated rings. The molecule has 1 N–H and O–H groups in total. The van der Waals surface area contributed by atoms with E-state index >= 15 is 0 Å². The van der Waals surface area contributed by atoms with Crippen molar-refractivity contribution < 1.29 is 4.42 Å². The van der Waals surface area contributed by atoms with Gasteiger partial charge in [0.25, 0.3) is 0 Å². The third-order valence-electron chi connectivity index (χ3n) is 9.66. The number of anilines is 2. The number of benzene rings is 6. The highest BCUT2D eigenvalue weighted by atomic mass is 16.3. The van der Waals surface area contributed by atoms with Crippen molar-refractivity contribution >= 4 is 33.3 Å². The number of furan rings is 1. The minimum absolute atomic E-state index is 0.0666. The Balaban J connectivity index is 1.17. The first-order valence-electron chi connectivity index (χ1n) is 15.9. The van der Waals surface area contributed by atoms with Crippen LogP contribution < -0.4 is 5.32 Å². The lowest BCUT2D eigenvalue weighted by Gasteiger charge is -2.25. The highest BCUT2D eigenvalue weighted by Gasteiger charge is 2.37. The molecule has 220 valence electrons. The summed E-state index contributed by atoms with van der Waals surface area (Å²) in [6.45, 7) is 11.6. The van der Waals surface area contributed by atoms with Gasteiger partial charge in [0.2, 0.25) is 0 Å². The molecule has 0 saturated heterocycles. The van der Waals surface area contributed by atoms with Crippen molar-refractivity contribution in [3.05, 3.63) is 144 Å². The van der Waals surface area contributed by atoms with Gasteiger partial charge in [-0.3, -0.25) is 0 Å². The molecule has 8 rings (SSSR count). The zero-order valence-corrected chi connectivity index (χ0v) is 26.5. The second-order valence-corrected chi connectivity index (χ2v) is 13.9. The first-order chi connectivity index (χ1) is 21.7. The molecule has 0 radical (unpaired) electrons. The molecular formula is C43H37NO. The van der Waals surface area contributed by atoms with E-state index in [0.717, 1.165) is 44.4 Å². The van der Waals surface area contributed by atoms with Gasteiger partial charge in [-0.2, -0.15) is 0 Å². The monoisotopic (exact) mass is 583 g/mol. The zero-order chi connectivity index (χ0) is 30.9. The zero-order valence-electron chi connectivity index (χ0n) is 26.5. The summed E-state index contributed by atoms with van der Waals surface area (Å²) in [6.07, 6.45) is 0. The van der Waals surface area contributed by atoms with E-state index in [-0.39, 0.29) is 10.8 Å². The van der Waals surface area contributed by atoms with Crippen molar-refractivity contribution in [2.45, 2.75) is 45.4 Å². The third kappa shape index (κ3) is 4.39. The quantitative estimate of drug-likeness (QED) is 0.223. The first-order valence-corrected chi connectivity index (χ1v) is 15.9. The summed E-state index contributed by atoms with van der Waals surface area (Å²) < 4.78 is 6.31. The number of hydrogen-bond donors (Lipinski definition) is 1. The summed E-state index contributed by atoms with van der Waals surface area (Å²) in [7, 11) is 0. The smallest absolute Gasteiger partial charge is 0.143 e. The molecule has 0 amide bonds. The highest BCUT2D eigenvalue weighted by Crippen LogP contribution is 2.53. The molecule has 0 bridgehead atoms. The van der Waals surface area contributed by atoms with Gasteiger partial charge in [-0.05, 0) is 68.6 Å². The van der Waals surface area contributed by atoms with Crippen molar-refractivity contribution in [1.29, 1.82) is 0 Å². The van der Waals surface area contributed by atoms with E-state index in [1.807, 2.05) is 12.1 Å². The normalized spacial score (nSPS) is 13.6. The second kappa shape index (κ2) is 9.97.